The Kier molecular flexibility index (Phi) is 2.89. The van der Waals surface area contributed by atoms with Crippen LogP contribution in [0.5, 0.6) is 0 Å². The summed E-state index contributed by atoms with van der Waals surface area (Å²) in [5, 5.41) is 2.63. The third-order valence-corrected chi connectivity index (χ3v) is 1.73. The first-order chi connectivity index (χ1) is 6.25. The van der Waals surface area contributed by atoms with E-state index >= 15 is 0 Å². The van der Waals surface area contributed by atoms with E-state index in [1.165, 1.54) is 0 Å². The molecule has 2 atom stereocenters. The highest BCUT2D eigenvalue weighted by molar-refractivity contribution is 6.21. The van der Waals surface area contributed by atoms with Crippen molar-refractivity contribution in [1.82, 2.24) is 0 Å². The Hall–Kier alpha value is -1.18. The van der Waals surface area contributed by atoms with Crippen molar-refractivity contribution < 1.29 is 1.37 Å². The van der Waals surface area contributed by atoms with Gasteiger partial charge in [0.1, 0.15) is 0 Å². The molecule has 0 fully saturated rings. The van der Waals surface area contributed by atoms with Gasteiger partial charge in [-0.15, -0.1) is 11.6 Å². The minimum atomic E-state index is -0.978. The zero-order valence-electron chi connectivity index (χ0n) is 7.26. The van der Waals surface area contributed by atoms with Crippen molar-refractivity contribution in [2.24, 2.45) is 5.11 Å². The molecular weight excluding hydrogens is 174 g/mol. The molecule has 0 aliphatic carbocycles. The van der Waals surface area contributed by atoms with Crippen LogP contribution in [0.4, 0.5) is 0 Å². The highest BCUT2D eigenvalue weighted by Crippen LogP contribution is 2.19. The van der Waals surface area contributed by atoms with Gasteiger partial charge in [0, 0.05) is 12.8 Å². The third kappa shape index (κ3) is 2.46. The van der Waals surface area contributed by atoms with E-state index in [1.54, 1.807) is 12.1 Å². The van der Waals surface area contributed by atoms with E-state index in [0.717, 1.165) is 5.56 Å². The van der Waals surface area contributed by atoms with Crippen molar-refractivity contribution in [3.8, 4) is 0 Å². The van der Waals surface area contributed by atoms with Crippen molar-refractivity contribution in [1.29, 1.82) is 0 Å². The van der Waals surface area contributed by atoms with Crippen LogP contribution >= 0.6 is 11.6 Å². The molecule has 3 nitrogen and oxygen atoms in total. The van der Waals surface area contributed by atoms with Gasteiger partial charge in [-0.1, -0.05) is 35.4 Å². The van der Waals surface area contributed by atoms with Crippen LogP contribution in [-0.4, -0.2) is 6.52 Å². The Morgan fingerprint density at radius 3 is 2.83 bits per heavy atom. The van der Waals surface area contributed by atoms with Crippen LogP contribution in [0.25, 0.3) is 10.4 Å². The van der Waals surface area contributed by atoms with Gasteiger partial charge in [0.2, 0.25) is 0 Å². The summed E-state index contributed by atoms with van der Waals surface area (Å²) in [7, 11) is 0. The van der Waals surface area contributed by atoms with E-state index in [4.69, 9.17) is 18.5 Å². The van der Waals surface area contributed by atoms with Crippen LogP contribution in [0.1, 0.15) is 12.3 Å². The van der Waals surface area contributed by atoms with E-state index in [0.29, 0.717) is 0 Å². The van der Waals surface area contributed by atoms with Gasteiger partial charge < -0.3 is 0 Å². The average Bonchev–Trinajstić information content (AvgIpc) is 2.18. The molecule has 4 heteroatoms. The summed E-state index contributed by atoms with van der Waals surface area (Å²) in [5.41, 5.74) is 8.90. The number of hydrogen-bond donors (Lipinski definition) is 0. The van der Waals surface area contributed by atoms with Crippen molar-refractivity contribution in [3.63, 3.8) is 0 Å². The molecule has 0 radical (unpaired) electrons. The Labute approximate surface area is 77.0 Å². The summed E-state index contributed by atoms with van der Waals surface area (Å²) in [6, 6.07) is 9.11. The molecule has 2 unspecified atom stereocenters. The van der Waals surface area contributed by atoms with Gasteiger partial charge in [0.25, 0.3) is 0 Å². The van der Waals surface area contributed by atoms with E-state index in [-0.39, 0.29) is 0 Å². The Bertz CT molecular complexity index is 310. The maximum absolute atomic E-state index is 8.11. The summed E-state index contributed by atoms with van der Waals surface area (Å²) in [4.78, 5) is 2.54. The van der Waals surface area contributed by atoms with Crippen molar-refractivity contribution >= 4 is 11.6 Å². The first kappa shape index (κ1) is 7.47. The van der Waals surface area contributed by atoms with Gasteiger partial charge >= 0.3 is 0 Å². The van der Waals surface area contributed by atoms with Crippen LogP contribution in [0.15, 0.2) is 35.4 Å². The largest absolute Gasteiger partial charge is 0.118 e. The summed E-state index contributed by atoms with van der Waals surface area (Å²) in [6.07, 6.45) is 0. The second-order valence-corrected chi connectivity index (χ2v) is 2.64. The van der Waals surface area contributed by atoms with Gasteiger partial charge in [0.05, 0.1) is 5.38 Å². The second kappa shape index (κ2) is 4.65. The second-order valence-electron chi connectivity index (χ2n) is 2.17. The van der Waals surface area contributed by atoms with E-state index in [1.807, 2.05) is 18.2 Å². The van der Waals surface area contributed by atoms with Gasteiger partial charge in [-0.05, 0) is 11.1 Å². The molecule has 1 aromatic rings. The summed E-state index contributed by atoms with van der Waals surface area (Å²) in [6.45, 7) is -0.978. The van der Waals surface area contributed by atoms with Crippen molar-refractivity contribution in [3.05, 3.63) is 46.3 Å². The lowest BCUT2D eigenvalue weighted by atomic mass is 10.1. The van der Waals surface area contributed by atoms with Crippen molar-refractivity contribution in [2.75, 3.05) is 6.52 Å². The molecule has 0 aliphatic rings. The molecule has 1 aromatic carbocycles. The summed E-state index contributed by atoms with van der Waals surface area (Å²) >= 11 is 5.88. The molecule has 0 saturated carbocycles. The normalized spacial score (nSPS) is 15.6. The highest BCUT2D eigenvalue weighted by atomic mass is 35.5. The fraction of sp³-hybridized carbons (Fsp3) is 0.250. The summed E-state index contributed by atoms with van der Waals surface area (Å²) < 4.78 is 7.36. The first-order valence-electron chi connectivity index (χ1n) is 3.99. The lowest BCUT2D eigenvalue weighted by molar-refractivity contribution is 0.920. The predicted molar refractivity (Wildman–Crippen MR) is 49.0 cm³/mol. The maximum atomic E-state index is 8.11. The molecule has 0 bridgehead atoms. The minimum absolute atomic E-state index is 0.586. The lowest BCUT2D eigenvalue weighted by Gasteiger charge is -2.04. The van der Waals surface area contributed by atoms with Crippen LogP contribution in [-0.2, 0) is 0 Å². The molecule has 0 heterocycles. The van der Waals surface area contributed by atoms with Gasteiger partial charge in [0.15, 0.2) is 0 Å². The monoisotopic (exact) mass is 182 g/mol. The molecule has 62 valence electrons. The van der Waals surface area contributed by atoms with Crippen molar-refractivity contribution in [2.45, 2.75) is 5.38 Å². The summed E-state index contributed by atoms with van der Waals surface area (Å²) in [5.74, 6) is 0. The Morgan fingerprint density at radius 2 is 2.25 bits per heavy atom. The first-order valence-corrected chi connectivity index (χ1v) is 3.85. The number of halogens is 1. The van der Waals surface area contributed by atoms with Crippen LogP contribution in [0, 0.1) is 0 Å². The fourth-order valence-corrected chi connectivity index (χ4v) is 1.01. The number of hydrogen-bond acceptors (Lipinski definition) is 1. The SMILES string of the molecule is [2H]C(N=[N+]=[N-])C(Cl)c1ccccc1. The molecule has 0 spiro atoms. The molecule has 0 aromatic heterocycles. The van der Waals surface area contributed by atoms with Crippen LogP contribution in [0.3, 0.4) is 0 Å². The van der Waals surface area contributed by atoms with E-state index in [2.05, 4.69) is 10.0 Å². The topological polar surface area (TPSA) is 48.8 Å². The zero-order valence-corrected chi connectivity index (χ0v) is 7.02. The molecule has 0 saturated heterocycles. The molecule has 0 amide bonds. The average molecular weight is 183 g/mol. The van der Waals surface area contributed by atoms with Gasteiger partial charge in [-0.3, -0.25) is 0 Å². The smallest absolute Gasteiger partial charge is 0.0641 e. The van der Waals surface area contributed by atoms with E-state index < -0.39 is 11.9 Å². The maximum Gasteiger partial charge on any atom is 0.0641 e. The highest BCUT2D eigenvalue weighted by Gasteiger charge is 2.03. The number of azide groups is 1. The lowest BCUT2D eigenvalue weighted by Crippen LogP contribution is -1.92. The zero-order chi connectivity index (χ0) is 9.68. The van der Waals surface area contributed by atoms with Gasteiger partial charge in [-0.2, -0.15) is 0 Å². The van der Waals surface area contributed by atoms with E-state index in [9.17, 15) is 0 Å². The fourth-order valence-electron chi connectivity index (χ4n) is 0.811. The number of rotatable bonds is 3. The predicted octanol–water partition coefficient (Wildman–Crippen LogP) is 3.28. The number of nitrogens with zero attached hydrogens (tertiary/aromatic N) is 3. The standard InChI is InChI=1S/C8H8ClN3/c9-8(6-11-12-10)7-4-2-1-3-5-7/h1-5,8H,6H2/i6D. The Morgan fingerprint density at radius 1 is 1.58 bits per heavy atom. The number of alkyl halides is 1. The quantitative estimate of drug-likeness (QED) is 0.298. The minimum Gasteiger partial charge on any atom is -0.118 e. The van der Waals surface area contributed by atoms with Crippen LogP contribution in [0.2, 0.25) is 0 Å². The van der Waals surface area contributed by atoms with Gasteiger partial charge in [-0.25, -0.2) is 0 Å². The number of benzene rings is 1. The Balaban J connectivity index is 2.79. The molecule has 1 rings (SSSR count). The third-order valence-electron chi connectivity index (χ3n) is 1.37. The molecular formula is C8H8ClN3. The molecule has 0 N–H and O–H groups in total. The molecule has 12 heavy (non-hydrogen) atoms. The molecule has 0 aliphatic heterocycles. The van der Waals surface area contributed by atoms with Crippen LogP contribution < -0.4 is 0 Å².